The van der Waals surface area contributed by atoms with Gasteiger partial charge >= 0.3 is 17.4 Å². The summed E-state index contributed by atoms with van der Waals surface area (Å²) >= 11 is 5.83. The predicted octanol–water partition coefficient (Wildman–Crippen LogP) is 4.03. The number of alkyl halides is 5. The van der Waals surface area contributed by atoms with E-state index in [9.17, 15) is 49.3 Å². The molecule has 1 aromatic carbocycles. The van der Waals surface area contributed by atoms with E-state index in [0.717, 1.165) is 0 Å². The van der Waals surface area contributed by atoms with Crippen LogP contribution in [0.15, 0.2) is 12.1 Å². The van der Waals surface area contributed by atoms with Crippen molar-refractivity contribution in [1.82, 2.24) is 5.32 Å². The van der Waals surface area contributed by atoms with Crippen LogP contribution in [0.3, 0.4) is 0 Å². The number of amides is 2. The zero-order valence-corrected chi connectivity index (χ0v) is 24.7. The zero-order valence-electron chi connectivity index (χ0n) is 17.5. The number of esters is 1. The van der Waals surface area contributed by atoms with Crippen molar-refractivity contribution in [3.8, 4) is 0 Å². The molecule has 200 valence electrons. The highest BCUT2D eigenvalue weighted by molar-refractivity contribution is 14.1. The van der Waals surface area contributed by atoms with E-state index in [1.807, 2.05) is 67.8 Å². The molecule has 17 heteroatoms. The number of carbonyl (C=O) groups is 3. The molecular formula is C19H14F5I3NO7S-. The summed E-state index contributed by atoms with van der Waals surface area (Å²) in [5, 5.41) is -3.87. The summed E-state index contributed by atoms with van der Waals surface area (Å²) in [6.07, 6.45) is -9.79. The van der Waals surface area contributed by atoms with Crippen molar-refractivity contribution in [2.75, 3.05) is 0 Å². The van der Waals surface area contributed by atoms with Crippen molar-refractivity contribution < 1.29 is 54.0 Å². The van der Waals surface area contributed by atoms with Gasteiger partial charge < -0.3 is 9.29 Å². The molecule has 2 saturated carbocycles. The Morgan fingerprint density at radius 2 is 1.58 bits per heavy atom. The minimum atomic E-state index is -6.86. The number of hydrogen-bond donors (Lipinski definition) is 1. The van der Waals surface area contributed by atoms with E-state index in [2.05, 4.69) is 10.1 Å². The second-order valence-electron chi connectivity index (χ2n) is 8.33. The van der Waals surface area contributed by atoms with Gasteiger partial charge in [0, 0.05) is 10.7 Å². The summed E-state index contributed by atoms with van der Waals surface area (Å²) in [6, 6.07) is 3.28. The standard InChI is InChI=1S/C19H15F5I3NO7S/c20-18(21,22)17(19(23,24)36(32,33)34)35-16(31)12-7-2-1-6(3-7)11(12)15(30)28-14(29)9-4-8(25)5-10(26)13(9)27/h4-7,11-12,17H,1-3H2,(H,28,29,30)(H,32,33,34)/p-1. The normalized spacial score (nSPS) is 24.9. The number of halogens is 8. The average molecular weight is 876 g/mol. The van der Waals surface area contributed by atoms with Crippen LogP contribution in [0.5, 0.6) is 0 Å². The van der Waals surface area contributed by atoms with E-state index in [1.54, 1.807) is 6.07 Å². The van der Waals surface area contributed by atoms with Gasteiger partial charge in [0.15, 0.2) is 10.1 Å². The third-order valence-electron chi connectivity index (χ3n) is 6.14. The van der Waals surface area contributed by atoms with Crippen LogP contribution < -0.4 is 5.32 Å². The van der Waals surface area contributed by atoms with Gasteiger partial charge in [-0.15, -0.1) is 0 Å². The lowest BCUT2D eigenvalue weighted by atomic mass is 9.78. The lowest BCUT2D eigenvalue weighted by molar-refractivity contribution is -0.261. The predicted molar refractivity (Wildman–Crippen MR) is 135 cm³/mol. The fourth-order valence-electron chi connectivity index (χ4n) is 4.64. The summed E-state index contributed by atoms with van der Waals surface area (Å²) in [4.78, 5) is 38.4. The van der Waals surface area contributed by atoms with E-state index in [0.29, 0.717) is 17.1 Å². The maximum atomic E-state index is 13.8. The summed E-state index contributed by atoms with van der Waals surface area (Å²) in [7, 11) is -6.86. The number of nitrogens with one attached hydrogen (secondary N) is 1. The van der Waals surface area contributed by atoms with E-state index in [4.69, 9.17) is 0 Å². The molecule has 0 radical (unpaired) electrons. The van der Waals surface area contributed by atoms with Gasteiger partial charge in [0.2, 0.25) is 5.91 Å². The third-order valence-corrected chi connectivity index (χ3v) is 10.7. The van der Waals surface area contributed by atoms with Gasteiger partial charge in [-0.1, -0.05) is 0 Å². The Kier molecular flexibility index (Phi) is 8.89. The molecule has 2 bridgehead atoms. The number of rotatable bonds is 6. The zero-order chi connectivity index (χ0) is 27.4. The summed E-state index contributed by atoms with van der Waals surface area (Å²) < 4.78 is 105. The molecular weight excluding hydrogens is 862 g/mol. The van der Waals surface area contributed by atoms with Crippen molar-refractivity contribution >= 4 is 95.7 Å². The van der Waals surface area contributed by atoms with Crippen molar-refractivity contribution in [3.05, 3.63) is 28.4 Å². The molecule has 1 aromatic rings. The number of carbonyl (C=O) groups excluding carboxylic acids is 3. The van der Waals surface area contributed by atoms with Gasteiger partial charge in [-0.25, -0.2) is 8.42 Å². The van der Waals surface area contributed by atoms with Gasteiger partial charge in [-0.05, 0) is 111 Å². The molecule has 36 heavy (non-hydrogen) atoms. The third kappa shape index (κ3) is 5.92. The first kappa shape index (κ1) is 30.1. The van der Waals surface area contributed by atoms with Crippen LogP contribution in [-0.4, -0.2) is 48.3 Å². The lowest BCUT2D eigenvalue weighted by Crippen LogP contribution is -2.54. The van der Waals surface area contributed by atoms with E-state index in [1.165, 1.54) is 6.07 Å². The quantitative estimate of drug-likeness (QED) is 0.114. The molecule has 5 atom stereocenters. The number of hydrogen-bond acceptors (Lipinski definition) is 7. The van der Waals surface area contributed by atoms with Crippen LogP contribution >= 0.6 is 67.8 Å². The molecule has 2 aliphatic rings. The van der Waals surface area contributed by atoms with Crippen molar-refractivity contribution in [3.63, 3.8) is 0 Å². The SMILES string of the molecule is O=C(NC(=O)C1C2CCC(C2)C1C(=O)OC(C(F)(F)F)C(F)(F)S(=O)(=O)[O-])c1cc(I)cc(I)c1I. The summed E-state index contributed by atoms with van der Waals surface area (Å²) in [6.45, 7) is 0. The molecule has 0 aromatic heterocycles. The minimum absolute atomic E-state index is 0.139. The average Bonchev–Trinajstić information content (AvgIpc) is 3.34. The van der Waals surface area contributed by atoms with E-state index in [-0.39, 0.29) is 18.4 Å². The number of imide groups is 1. The summed E-state index contributed by atoms with van der Waals surface area (Å²) in [5.41, 5.74) is 0.139. The maximum Gasteiger partial charge on any atom is 0.432 e. The van der Waals surface area contributed by atoms with Crippen LogP contribution in [-0.2, 0) is 24.4 Å². The topological polar surface area (TPSA) is 130 Å². The molecule has 0 heterocycles. The molecule has 2 aliphatic carbocycles. The Morgan fingerprint density at radius 3 is 2.11 bits per heavy atom. The van der Waals surface area contributed by atoms with Crippen LogP contribution in [0.1, 0.15) is 29.6 Å². The number of benzene rings is 1. The summed E-state index contributed by atoms with van der Waals surface area (Å²) in [5.74, 6) is -7.97. The van der Waals surface area contributed by atoms with Crippen LogP contribution in [0.2, 0.25) is 0 Å². The Bertz CT molecular complexity index is 1210. The van der Waals surface area contributed by atoms with Crippen LogP contribution in [0, 0.1) is 34.4 Å². The largest absolute Gasteiger partial charge is 0.743 e. The van der Waals surface area contributed by atoms with Crippen LogP contribution in [0.25, 0.3) is 0 Å². The van der Waals surface area contributed by atoms with Gasteiger partial charge in [-0.2, -0.15) is 22.0 Å². The van der Waals surface area contributed by atoms with Crippen molar-refractivity contribution in [1.29, 1.82) is 0 Å². The maximum absolute atomic E-state index is 13.8. The Labute approximate surface area is 242 Å². The number of ether oxygens (including phenoxy) is 1. The fraction of sp³-hybridized carbons (Fsp3) is 0.526. The minimum Gasteiger partial charge on any atom is -0.743 e. The Hall–Kier alpha value is -0.420. The van der Waals surface area contributed by atoms with E-state index < -0.39 is 69.1 Å². The molecule has 1 N–H and O–H groups in total. The fourth-order valence-corrected chi connectivity index (χ4v) is 7.49. The number of fused-ring (bicyclic) bond motifs is 2. The molecule has 0 spiro atoms. The van der Waals surface area contributed by atoms with Crippen molar-refractivity contribution in [2.45, 2.75) is 36.8 Å². The van der Waals surface area contributed by atoms with Gasteiger partial charge in [-0.3, -0.25) is 19.7 Å². The first-order valence-electron chi connectivity index (χ1n) is 9.96. The molecule has 2 fully saturated rings. The second kappa shape index (κ2) is 10.6. The van der Waals surface area contributed by atoms with Crippen molar-refractivity contribution in [2.24, 2.45) is 23.7 Å². The molecule has 2 amide bonds. The Morgan fingerprint density at radius 1 is 1.03 bits per heavy atom. The highest BCUT2D eigenvalue weighted by Gasteiger charge is 2.64. The second-order valence-corrected chi connectivity index (χ2v) is 13.3. The Balaban J connectivity index is 1.86. The molecule has 8 nitrogen and oxygen atoms in total. The van der Waals surface area contributed by atoms with Crippen LogP contribution in [0.4, 0.5) is 22.0 Å². The molecule has 0 aliphatic heterocycles. The lowest BCUT2D eigenvalue weighted by Gasteiger charge is -2.33. The first-order chi connectivity index (χ1) is 16.4. The monoisotopic (exact) mass is 876 g/mol. The smallest absolute Gasteiger partial charge is 0.432 e. The molecule has 0 saturated heterocycles. The molecule has 3 rings (SSSR count). The highest BCUT2D eigenvalue weighted by Crippen LogP contribution is 2.53. The first-order valence-corrected chi connectivity index (χ1v) is 14.6. The van der Waals surface area contributed by atoms with Gasteiger partial charge in [0.1, 0.15) is 0 Å². The van der Waals surface area contributed by atoms with Gasteiger partial charge in [0.05, 0.1) is 17.4 Å². The molecule has 5 unspecified atom stereocenters. The van der Waals surface area contributed by atoms with E-state index >= 15 is 0 Å². The van der Waals surface area contributed by atoms with Gasteiger partial charge in [0.25, 0.3) is 12.0 Å². The highest BCUT2D eigenvalue weighted by atomic mass is 127.